The standard InChI is InChI=1S/C30H40N6.C2H6/c1-4-5-14-27-35-28-29(25-12-8-9-13-26(25)34-30(28)31)36(27)21-24-17-15-23(16-18-24)20-33-22(2)11-7-6-10-19-32-3;1-2/h8-9,12-13,15-18,32-33H,2,4-7,10-11,14,19-21H2,1,3H3,(H2,31,34);1-2H3. The van der Waals surface area contributed by atoms with E-state index in [1.807, 2.05) is 33.0 Å². The molecular formula is C32H46N6. The number of nitrogens with zero attached hydrogens (tertiary/aromatic N) is 3. The van der Waals surface area contributed by atoms with E-state index in [1.54, 1.807) is 0 Å². The van der Waals surface area contributed by atoms with Gasteiger partial charge in [0.25, 0.3) is 0 Å². The molecule has 6 nitrogen and oxygen atoms in total. The third-order valence-electron chi connectivity index (χ3n) is 6.75. The fourth-order valence-electron chi connectivity index (χ4n) is 4.68. The minimum Gasteiger partial charge on any atom is -0.385 e. The van der Waals surface area contributed by atoms with Gasteiger partial charge in [0.15, 0.2) is 5.82 Å². The number of nitrogens with two attached hydrogens (primary N) is 1. The predicted molar refractivity (Wildman–Crippen MR) is 163 cm³/mol. The summed E-state index contributed by atoms with van der Waals surface area (Å²) < 4.78 is 2.34. The van der Waals surface area contributed by atoms with E-state index in [0.717, 1.165) is 78.8 Å². The number of hydrogen-bond donors (Lipinski definition) is 3. The average molecular weight is 515 g/mol. The van der Waals surface area contributed by atoms with Gasteiger partial charge in [0, 0.05) is 30.6 Å². The molecule has 38 heavy (non-hydrogen) atoms. The van der Waals surface area contributed by atoms with E-state index < -0.39 is 0 Å². The average Bonchev–Trinajstić information content (AvgIpc) is 3.31. The highest BCUT2D eigenvalue weighted by Crippen LogP contribution is 2.30. The predicted octanol–water partition coefficient (Wildman–Crippen LogP) is 6.97. The molecule has 4 rings (SSSR count). The number of aryl methyl sites for hydroxylation is 1. The zero-order valence-electron chi connectivity index (χ0n) is 23.8. The molecule has 6 heteroatoms. The lowest BCUT2D eigenvalue weighted by Crippen LogP contribution is -2.12. The molecule has 0 fully saturated rings. The van der Waals surface area contributed by atoms with Crippen molar-refractivity contribution >= 4 is 27.8 Å². The normalized spacial score (nSPS) is 10.9. The number of aromatic nitrogens is 3. The molecule has 0 saturated heterocycles. The van der Waals surface area contributed by atoms with E-state index >= 15 is 0 Å². The number of pyridine rings is 1. The quantitative estimate of drug-likeness (QED) is 0.158. The molecule has 4 aromatic rings. The van der Waals surface area contributed by atoms with E-state index in [4.69, 9.17) is 10.7 Å². The van der Waals surface area contributed by atoms with Gasteiger partial charge in [-0.25, -0.2) is 9.97 Å². The largest absolute Gasteiger partial charge is 0.385 e. The van der Waals surface area contributed by atoms with Gasteiger partial charge < -0.3 is 20.9 Å². The van der Waals surface area contributed by atoms with Gasteiger partial charge >= 0.3 is 0 Å². The van der Waals surface area contributed by atoms with Crippen molar-refractivity contribution in [3.8, 4) is 0 Å². The van der Waals surface area contributed by atoms with Crippen molar-refractivity contribution < 1.29 is 0 Å². The van der Waals surface area contributed by atoms with Crippen LogP contribution in [0, 0.1) is 0 Å². The third kappa shape index (κ3) is 7.57. The number of fused-ring (bicyclic) bond motifs is 3. The number of para-hydroxylation sites is 1. The molecule has 0 amide bonds. The van der Waals surface area contributed by atoms with Crippen molar-refractivity contribution in [3.05, 3.63) is 77.8 Å². The summed E-state index contributed by atoms with van der Waals surface area (Å²) in [6.07, 6.45) is 7.81. The molecule has 2 aromatic carbocycles. The fourth-order valence-corrected chi connectivity index (χ4v) is 4.68. The molecule has 0 aliphatic rings. The van der Waals surface area contributed by atoms with Gasteiger partial charge in [-0.15, -0.1) is 0 Å². The fraction of sp³-hybridized carbons (Fsp3) is 0.438. The highest BCUT2D eigenvalue weighted by molar-refractivity contribution is 6.06. The Balaban J connectivity index is 0.00000195. The van der Waals surface area contributed by atoms with Crippen LogP contribution in [0.4, 0.5) is 5.82 Å². The summed E-state index contributed by atoms with van der Waals surface area (Å²) in [4.78, 5) is 9.56. The van der Waals surface area contributed by atoms with Crippen molar-refractivity contribution in [2.45, 2.75) is 78.8 Å². The Kier molecular flexibility index (Phi) is 11.6. The van der Waals surface area contributed by atoms with E-state index in [-0.39, 0.29) is 0 Å². The first-order chi connectivity index (χ1) is 18.6. The summed E-state index contributed by atoms with van der Waals surface area (Å²) in [5, 5.41) is 7.79. The number of imidazole rings is 1. The molecule has 0 radical (unpaired) electrons. The van der Waals surface area contributed by atoms with E-state index in [9.17, 15) is 0 Å². The lowest BCUT2D eigenvalue weighted by atomic mass is 10.1. The minimum atomic E-state index is 0.504. The van der Waals surface area contributed by atoms with Gasteiger partial charge in [-0.05, 0) is 56.5 Å². The molecule has 2 aromatic heterocycles. The van der Waals surface area contributed by atoms with Gasteiger partial charge in [-0.3, -0.25) is 0 Å². The van der Waals surface area contributed by atoms with Crippen molar-refractivity contribution in [3.63, 3.8) is 0 Å². The Bertz CT molecular complexity index is 1290. The Morgan fingerprint density at radius 2 is 1.68 bits per heavy atom. The topological polar surface area (TPSA) is 80.8 Å². The van der Waals surface area contributed by atoms with Crippen molar-refractivity contribution in [1.82, 2.24) is 25.2 Å². The molecule has 0 aliphatic carbocycles. The van der Waals surface area contributed by atoms with Crippen LogP contribution in [0.3, 0.4) is 0 Å². The highest BCUT2D eigenvalue weighted by atomic mass is 15.1. The Morgan fingerprint density at radius 3 is 2.42 bits per heavy atom. The molecule has 204 valence electrons. The maximum Gasteiger partial charge on any atom is 0.152 e. The van der Waals surface area contributed by atoms with Gasteiger partial charge in [0.1, 0.15) is 11.3 Å². The second-order valence-corrected chi connectivity index (χ2v) is 9.62. The van der Waals surface area contributed by atoms with Gasteiger partial charge in [-0.2, -0.15) is 0 Å². The number of anilines is 1. The summed E-state index contributed by atoms with van der Waals surface area (Å²) in [7, 11) is 2.00. The Hall–Kier alpha value is -3.38. The van der Waals surface area contributed by atoms with E-state index in [1.165, 1.54) is 30.4 Å². The third-order valence-corrected chi connectivity index (χ3v) is 6.75. The minimum absolute atomic E-state index is 0.504. The number of allylic oxidation sites excluding steroid dienone is 1. The molecule has 0 spiro atoms. The number of benzene rings is 2. The SMILES string of the molecule is C=C(CCCCCNC)NCc1ccc(Cn2c(CCCC)nc3c(N)nc4ccccc4c32)cc1.CC. The summed E-state index contributed by atoms with van der Waals surface area (Å²) in [6, 6.07) is 17.1. The lowest BCUT2D eigenvalue weighted by Gasteiger charge is -2.13. The first-order valence-electron chi connectivity index (χ1n) is 14.3. The lowest BCUT2D eigenvalue weighted by molar-refractivity contribution is 0.622. The molecule has 0 unspecified atom stereocenters. The smallest absolute Gasteiger partial charge is 0.152 e. The van der Waals surface area contributed by atoms with Crippen LogP contribution in [-0.4, -0.2) is 28.1 Å². The van der Waals surface area contributed by atoms with Crippen LogP contribution in [0.15, 0.2) is 60.8 Å². The van der Waals surface area contributed by atoms with E-state index in [0.29, 0.717) is 5.82 Å². The Labute approximate surface area is 228 Å². The maximum absolute atomic E-state index is 6.35. The second kappa shape index (κ2) is 15.1. The number of unbranched alkanes of at least 4 members (excludes halogenated alkanes) is 3. The zero-order valence-corrected chi connectivity index (χ0v) is 23.8. The first-order valence-corrected chi connectivity index (χ1v) is 14.3. The van der Waals surface area contributed by atoms with Crippen LogP contribution in [0.1, 0.15) is 76.2 Å². The second-order valence-electron chi connectivity index (χ2n) is 9.62. The van der Waals surface area contributed by atoms with Crippen LogP contribution in [0.5, 0.6) is 0 Å². The number of rotatable bonds is 14. The Morgan fingerprint density at radius 1 is 0.947 bits per heavy atom. The maximum atomic E-state index is 6.35. The number of nitrogens with one attached hydrogen (secondary N) is 2. The highest BCUT2D eigenvalue weighted by Gasteiger charge is 2.17. The number of nitrogen functional groups attached to an aromatic ring is 1. The van der Waals surface area contributed by atoms with Crippen LogP contribution in [0.25, 0.3) is 21.9 Å². The van der Waals surface area contributed by atoms with Crippen LogP contribution < -0.4 is 16.4 Å². The molecule has 4 N–H and O–H groups in total. The molecule has 2 heterocycles. The molecule has 0 bridgehead atoms. The van der Waals surface area contributed by atoms with Crippen molar-refractivity contribution in [1.29, 1.82) is 0 Å². The summed E-state index contributed by atoms with van der Waals surface area (Å²) in [5.41, 5.74) is 12.8. The molecular weight excluding hydrogens is 468 g/mol. The number of hydrogen-bond acceptors (Lipinski definition) is 5. The first kappa shape index (κ1) is 29.2. The monoisotopic (exact) mass is 514 g/mol. The van der Waals surface area contributed by atoms with E-state index in [2.05, 4.69) is 70.1 Å². The zero-order chi connectivity index (χ0) is 27.3. The van der Waals surface area contributed by atoms with Crippen LogP contribution in [-0.2, 0) is 19.5 Å². The van der Waals surface area contributed by atoms with Crippen molar-refractivity contribution in [2.24, 2.45) is 0 Å². The van der Waals surface area contributed by atoms with Crippen LogP contribution >= 0.6 is 0 Å². The van der Waals surface area contributed by atoms with Gasteiger partial charge in [0.05, 0.1) is 11.0 Å². The summed E-state index contributed by atoms with van der Waals surface area (Å²) in [5.74, 6) is 1.58. The van der Waals surface area contributed by atoms with Gasteiger partial charge in [0.2, 0.25) is 0 Å². The summed E-state index contributed by atoms with van der Waals surface area (Å²) in [6.45, 7) is 13.1. The van der Waals surface area contributed by atoms with Crippen molar-refractivity contribution in [2.75, 3.05) is 19.3 Å². The molecule has 0 atom stereocenters. The molecule has 0 saturated carbocycles. The molecule has 0 aliphatic heterocycles. The van der Waals surface area contributed by atoms with Gasteiger partial charge in [-0.1, -0.05) is 82.7 Å². The summed E-state index contributed by atoms with van der Waals surface area (Å²) >= 11 is 0. The van der Waals surface area contributed by atoms with Crippen LogP contribution in [0.2, 0.25) is 0 Å².